The Morgan fingerprint density at radius 3 is 2.57 bits per heavy atom. The van der Waals surface area contributed by atoms with Crippen LogP contribution in [0.4, 0.5) is 5.69 Å². The fourth-order valence-corrected chi connectivity index (χ4v) is 3.71. The standard InChI is InChI=1S/C25H26N6O4/c1-14-9-10-27-13-19(14)24(32)29-31(3)25(33)22-18-12-21(20(34-4)11-15(18)2)35-30-23(26)16-5-7-17(28-22)8-6-16/h5-13,22,28H,1-4H3,(H2,26,30)(H,29,32). The molecule has 2 aliphatic heterocycles. The predicted molar refractivity (Wildman–Crippen MR) is 131 cm³/mol. The molecule has 2 aliphatic rings. The van der Waals surface area contributed by atoms with Crippen LogP contribution in [0.2, 0.25) is 0 Å². The molecule has 1 aromatic heterocycles. The molecular weight excluding hydrogens is 448 g/mol. The second kappa shape index (κ2) is 9.72. The van der Waals surface area contributed by atoms with Crippen molar-refractivity contribution in [1.29, 1.82) is 0 Å². The smallest absolute Gasteiger partial charge is 0.271 e. The van der Waals surface area contributed by atoms with Crippen LogP contribution >= 0.6 is 0 Å². The first-order valence-electron chi connectivity index (χ1n) is 10.8. The molecule has 0 saturated carbocycles. The molecule has 1 unspecified atom stereocenters. The van der Waals surface area contributed by atoms with Gasteiger partial charge in [0.2, 0.25) is 0 Å². The van der Waals surface area contributed by atoms with E-state index in [0.717, 1.165) is 16.1 Å². The van der Waals surface area contributed by atoms with Crippen molar-refractivity contribution in [2.24, 2.45) is 10.9 Å². The summed E-state index contributed by atoms with van der Waals surface area (Å²) in [6.07, 6.45) is 3.06. The molecule has 0 saturated heterocycles. The summed E-state index contributed by atoms with van der Waals surface area (Å²) in [5.41, 5.74) is 12.5. The van der Waals surface area contributed by atoms with Gasteiger partial charge in [0.25, 0.3) is 11.8 Å². The third-order valence-corrected chi connectivity index (χ3v) is 5.73. The van der Waals surface area contributed by atoms with Gasteiger partial charge in [-0.25, -0.2) is 0 Å². The number of oxime groups is 1. The number of amidine groups is 1. The van der Waals surface area contributed by atoms with E-state index in [1.54, 1.807) is 55.6 Å². The molecule has 5 rings (SSSR count). The van der Waals surface area contributed by atoms with Crippen molar-refractivity contribution >= 4 is 23.3 Å². The summed E-state index contributed by atoms with van der Waals surface area (Å²) in [5, 5.41) is 8.44. The molecule has 10 nitrogen and oxygen atoms in total. The Bertz CT molecular complexity index is 1310. The Morgan fingerprint density at radius 2 is 1.89 bits per heavy atom. The second-order valence-corrected chi connectivity index (χ2v) is 8.11. The van der Waals surface area contributed by atoms with Gasteiger partial charge in [-0.15, -0.1) is 0 Å². The number of carbonyl (C=O) groups is 2. The molecule has 4 N–H and O–H groups in total. The van der Waals surface area contributed by atoms with Gasteiger partial charge in [-0.2, -0.15) is 0 Å². The van der Waals surface area contributed by atoms with Gasteiger partial charge in [0, 0.05) is 30.7 Å². The van der Waals surface area contributed by atoms with Gasteiger partial charge >= 0.3 is 0 Å². The first kappa shape index (κ1) is 23.6. The number of pyridine rings is 1. The van der Waals surface area contributed by atoms with E-state index < -0.39 is 17.9 Å². The lowest BCUT2D eigenvalue weighted by Crippen LogP contribution is -2.47. The highest BCUT2D eigenvalue weighted by Gasteiger charge is 2.29. The number of rotatable bonds is 3. The minimum atomic E-state index is -0.866. The fourth-order valence-electron chi connectivity index (χ4n) is 3.71. The topological polar surface area (TPSA) is 131 Å². The molecule has 0 spiro atoms. The molecule has 3 aromatic rings. The van der Waals surface area contributed by atoms with E-state index in [1.807, 2.05) is 6.92 Å². The molecule has 4 bridgehead atoms. The normalized spacial score (nSPS) is 14.4. The van der Waals surface area contributed by atoms with Gasteiger partial charge in [-0.1, -0.05) is 5.16 Å². The van der Waals surface area contributed by atoms with Gasteiger partial charge in [0.15, 0.2) is 17.3 Å². The number of hydrogen-bond donors (Lipinski definition) is 3. The third-order valence-electron chi connectivity index (χ3n) is 5.73. The van der Waals surface area contributed by atoms with Crippen molar-refractivity contribution < 1.29 is 19.2 Å². The predicted octanol–water partition coefficient (Wildman–Crippen LogP) is 2.68. The van der Waals surface area contributed by atoms with Crippen LogP contribution < -0.4 is 26.1 Å². The van der Waals surface area contributed by atoms with Crippen molar-refractivity contribution in [3.05, 3.63) is 82.7 Å². The Kier molecular flexibility index (Phi) is 6.54. The van der Waals surface area contributed by atoms with Gasteiger partial charge in [0.1, 0.15) is 6.04 Å². The molecule has 0 fully saturated rings. The average molecular weight is 475 g/mol. The summed E-state index contributed by atoms with van der Waals surface area (Å²) < 4.78 is 5.43. The van der Waals surface area contributed by atoms with Crippen molar-refractivity contribution in [2.75, 3.05) is 19.5 Å². The average Bonchev–Trinajstić information content (AvgIpc) is 2.85. The van der Waals surface area contributed by atoms with Crippen LogP contribution in [-0.4, -0.2) is 41.8 Å². The largest absolute Gasteiger partial charge is 0.493 e. The summed E-state index contributed by atoms with van der Waals surface area (Å²) in [6.45, 7) is 3.65. The lowest BCUT2D eigenvalue weighted by Gasteiger charge is -2.28. The monoisotopic (exact) mass is 474 g/mol. The number of hydrazine groups is 1. The second-order valence-electron chi connectivity index (χ2n) is 8.11. The molecule has 35 heavy (non-hydrogen) atoms. The number of ether oxygens (including phenoxy) is 1. The van der Waals surface area contributed by atoms with Crippen molar-refractivity contribution in [2.45, 2.75) is 19.9 Å². The van der Waals surface area contributed by atoms with Gasteiger partial charge in [-0.05, 0) is 73.0 Å². The van der Waals surface area contributed by atoms with Gasteiger partial charge in [-0.3, -0.25) is 25.0 Å². The minimum absolute atomic E-state index is 0.196. The van der Waals surface area contributed by atoms with Crippen molar-refractivity contribution in [3.63, 3.8) is 0 Å². The van der Waals surface area contributed by atoms with E-state index in [0.29, 0.717) is 33.9 Å². The van der Waals surface area contributed by atoms with E-state index >= 15 is 0 Å². The summed E-state index contributed by atoms with van der Waals surface area (Å²) in [4.78, 5) is 36.0. The minimum Gasteiger partial charge on any atom is -0.493 e. The maximum Gasteiger partial charge on any atom is 0.271 e. The summed E-state index contributed by atoms with van der Waals surface area (Å²) >= 11 is 0. The number of nitrogens with zero attached hydrogens (tertiary/aromatic N) is 3. The molecule has 2 amide bonds. The van der Waals surface area contributed by atoms with Crippen LogP contribution in [0.15, 0.2) is 60.0 Å². The van der Waals surface area contributed by atoms with E-state index in [9.17, 15) is 9.59 Å². The molecule has 180 valence electrons. The van der Waals surface area contributed by atoms with Crippen LogP contribution in [0.3, 0.4) is 0 Å². The number of amides is 2. The maximum absolute atomic E-state index is 13.7. The van der Waals surface area contributed by atoms with Crippen LogP contribution in [0.5, 0.6) is 11.5 Å². The number of carbonyl (C=O) groups excluding carboxylic acids is 2. The van der Waals surface area contributed by atoms with E-state index in [2.05, 4.69) is 20.9 Å². The zero-order chi connectivity index (χ0) is 25.1. The number of nitrogens with two attached hydrogens (primary N) is 1. The zero-order valence-corrected chi connectivity index (χ0v) is 19.8. The van der Waals surface area contributed by atoms with Crippen LogP contribution in [0, 0.1) is 13.8 Å². The van der Waals surface area contributed by atoms with Gasteiger partial charge in [0.05, 0.1) is 12.7 Å². The quantitative estimate of drug-likeness (QED) is 0.498. The maximum atomic E-state index is 13.7. The highest BCUT2D eigenvalue weighted by molar-refractivity contribution is 5.98. The van der Waals surface area contributed by atoms with E-state index in [1.165, 1.54) is 20.4 Å². The fraction of sp³-hybridized carbons (Fsp3) is 0.200. The molecular formula is C25H26N6O4. The van der Waals surface area contributed by atoms with Crippen LogP contribution in [0.1, 0.15) is 38.7 Å². The Morgan fingerprint density at radius 1 is 1.14 bits per heavy atom. The van der Waals surface area contributed by atoms with E-state index in [-0.39, 0.29) is 5.84 Å². The van der Waals surface area contributed by atoms with Crippen molar-refractivity contribution in [1.82, 2.24) is 15.4 Å². The Labute approximate surface area is 202 Å². The van der Waals surface area contributed by atoms with Gasteiger partial charge < -0.3 is 20.6 Å². The third kappa shape index (κ3) is 4.86. The van der Waals surface area contributed by atoms with Crippen molar-refractivity contribution in [3.8, 4) is 11.5 Å². The number of hydrogen-bond acceptors (Lipinski definition) is 8. The number of likely N-dealkylation sites (N-methyl/N-ethyl adjacent to an activating group) is 1. The lowest BCUT2D eigenvalue weighted by molar-refractivity contribution is -0.133. The Hall–Kier alpha value is -4.60. The molecule has 3 heterocycles. The highest BCUT2D eigenvalue weighted by atomic mass is 16.6. The van der Waals surface area contributed by atoms with E-state index in [4.69, 9.17) is 15.3 Å². The molecule has 2 aromatic carbocycles. The summed E-state index contributed by atoms with van der Waals surface area (Å²) in [7, 11) is 3.01. The number of fused-ring (bicyclic) bond motifs is 4. The lowest BCUT2D eigenvalue weighted by atomic mass is 9.98. The molecule has 0 radical (unpaired) electrons. The summed E-state index contributed by atoms with van der Waals surface area (Å²) in [5.74, 6) is 0.0894. The highest BCUT2D eigenvalue weighted by Crippen LogP contribution is 2.35. The Balaban J connectivity index is 1.72. The number of aromatic nitrogens is 1. The molecule has 10 heteroatoms. The number of nitrogens with one attached hydrogen (secondary N) is 2. The summed E-state index contributed by atoms with van der Waals surface area (Å²) in [6, 6.07) is 11.4. The SMILES string of the molecule is COc1cc(C)c2cc1ON=C(N)c1ccc(cc1)NC2C(=O)N(C)NC(=O)c1cnccc1C. The first-order valence-corrected chi connectivity index (χ1v) is 10.8. The number of aryl methyl sites for hydroxylation is 2. The number of benzene rings is 2. The number of methoxy groups -OCH3 is 1. The zero-order valence-electron chi connectivity index (χ0n) is 19.8. The molecule has 0 aliphatic carbocycles. The number of anilines is 1. The van der Waals surface area contributed by atoms with Crippen LogP contribution in [0.25, 0.3) is 0 Å². The molecule has 1 atom stereocenters. The van der Waals surface area contributed by atoms with Crippen LogP contribution in [-0.2, 0) is 4.79 Å². The first-order chi connectivity index (χ1) is 16.8.